The summed E-state index contributed by atoms with van der Waals surface area (Å²) in [5.74, 6) is -1.39. The number of hydrogen-bond donors (Lipinski definition) is 1. The van der Waals surface area contributed by atoms with Crippen molar-refractivity contribution in [2.24, 2.45) is 5.16 Å². The van der Waals surface area contributed by atoms with Gasteiger partial charge in [0.25, 0.3) is 0 Å². The van der Waals surface area contributed by atoms with Crippen LogP contribution in [-0.4, -0.2) is 21.4 Å². The molecule has 0 atom stereocenters. The molecule has 2 aromatic heterocycles. The number of aromatic nitrogens is 2. The standard InChI is InChI=1S/C6H4BrFN2O.C6H2BrFN2/c7-5-1-4(2-10-11)6(8)9-3-5;7-5-1-4(2-9)6(8)10-3-5/h1-3,11H;1,3H/b10-2+;. The van der Waals surface area contributed by atoms with Crippen molar-refractivity contribution in [3.05, 3.63) is 56.5 Å². The summed E-state index contributed by atoms with van der Waals surface area (Å²) in [5.41, 5.74) is 0.0938. The minimum atomic E-state index is -0.731. The maximum atomic E-state index is 12.6. The maximum Gasteiger partial charge on any atom is 0.230 e. The van der Waals surface area contributed by atoms with Gasteiger partial charge in [0.2, 0.25) is 11.9 Å². The van der Waals surface area contributed by atoms with E-state index in [1.54, 1.807) is 6.07 Å². The quantitative estimate of drug-likeness (QED) is 0.331. The van der Waals surface area contributed by atoms with Crippen molar-refractivity contribution in [3.63, 3.8) is 0 Å². The van der Waals surface area contributed by atoms with E-state index in [9.17, 15) is 8.78 Å². The van der Waals surface area contributed by atoms with Crippen LogP contribution in [0.25, 0.3) is 0 Å². The van der Waals surface area contributed by atoms with Gasteiger partial charge in [-0.2, -0.15) is 14.0 Å². The predicted molar refractivity (Wildman–Crippen MR) is 77.9 cm³/mol. The molecule has 108 valence electrons. The topological polar surface area (TPSA) is 82.2 Å². The van der Waals surface area contributed by atoms with Crippen LogP contribution < -0.4 is 0 Å². The Kier molecular flexibility index (Phi) is 6.84. The molecule has 1 N–H and O–H groups in total. The minimum absolute atomic E-state index is 0.0469. The van der Waals surface area contributed by atoms with Crippen LogP contribution in [0.2, 0.25) is 0 Å². The monoisotopic (exact) mass is 418 g/mol. The van der Waals surface area contributed by atoms with Gasteiger partial charge < -0.3 is 5.21 Å². The molecule has 2 heterocycles. The highest BCUT2D eigenvalue weighted by Gasteiger charge is 2.01. The van der Waals surface area contributed by atoms with Crippen molar-refractivity contribution in [1.82, 2.24) is 9.97 Å². The van der Waals surface area contributed by atoms with Crippen LogP contribution in [-0.2, 0) is 0 Å². The number of oxime groups is 1. The third-order valence-corrected chi connectivity index (χ3v) is 2.82. The highest BCUT2D eigenvalue weighted by atomic mass is 79.9. The molecule has 5 nitrogen and oxygen atoms in total. The summed E-state index contributed by atoms with van der Waals surface area (Å²) < 4.78 is 26.3. The van der Waals surface area contributed by atoms with Crippen molar-refractivity contribution in [2.45, 2.75) is 0 Å². The zero-order valence-electron chi connectivity index (χ0n) is 10.1. The molecule has 2 aromatic rings. The van der Waals surface area contributed by atoms with Crippen molar-refractivity contribution in [1.29, 1.82) is 5.26 Å². The third kappa shape index (κ3) is 5.53. The molecule has 9 heteroatoms. The molecule has 0 bridgehead atoms. The summed E-state index contributed by atoms with van der Waals surface area (Å²) in [4.78, 5) is 6.69. The highest BCUT2D eigenvalue weighted by molar-refractivity contribution is 9.10. The van der Waals surface area contributed by atoms with Gasteiger partial charge >= 0.3 is 0 Å². The zero-order chi connectivity index (χ0) is 15.8. The van der Waals surface area contributed by atoms with E-state index in [0.29, 0.717) is 8.95 Å². The molecule has 0 aliphatic heterocycles. The zero-order valence-corrected chi connectivity index (χ0v) is 13.3. The average Bonchev–Trinajstić information content (AvgIpc) is 2.46. The SMILES string of the molecule is N#Cc1cc(Br)cnc1F.O/N=C/c1cc(Br)cnc1F. The molecule has 2 rings (SSSR count). The Bertz CT molecular complexity index is 704. The fourth-order valence-corrected chi connectivity index (χ4v) is 1.77. The highest BCUT2D eigenvalue weighted by Crippen LogP contribution is 2.11. The second-order valence-electron chi connectivity index (χ2n) is 3.38. The summed E-state index contributed by atoms with van der Waals surface area (Å²) in [5, 5.41) is 19.1. The van der Waals surface area contributed by atoms with E-state index in [1.165, 1.54) is 24.5 Å². The minimum Gasteiger partial charge on any atom is -0.411 e. The Morgan fingerprint density at radius 1 is 1.14 bits per heavy atom. The van der Waals surface area contributed by atoms with E-state index in [0.717, 1.165) is 6.21 Å². The van der Waals surface area contributed by atoms with Crippen LogP contribution >= 0.6 is 31.9 Å². The van der Waals surface area contributed by atoms with Crippen LogP contribution in [0.4, 0.5) is 8.78 Å². The Hall–Kier alpha value is -1.92. The Morgan fingerprint density at radius 2 is 1.71 bits per heavy atom. The van der Waals surface area contributed by atoms with E-state index in [1.807, 2.05) is 0 Å². The Balaban J connectivity index is 0.000000211. The van der Waals surface area contributed by atoms with Crippen LogP contribution in [0.15, 0.2) is 38.6 Å². The number of nitrogens with zero attached hydrogens (tertiary/aromatic N) is 4. The van der Waals surface area contributed by atoms with Gasteiger partial charge in [0.1, 0.15) is 11.6 Å². The summed E-state index contributed by atoms with van der Waals surface area (Å²) >= 11 is 6.15. The summed E-state index contributed by atoms with van der Waals surface area (Å²) in [6.45, 7) is 0. The van der Waals surface area contributed by atoms with Crippen LogP contribution in [0.1, 0.15) is 11.1 Å². The smallest absolute Gasteiger partial charge is 0.230 e. The van der Waals surface area contributed by atoms with Crippen molar-refractivity contribution in [2.75, 3.05) is 0 Å². The molecule has 0 unspecified atom stereocenters. The second kappa shape index (κ2) is 8.39. The predicted octanol–water partition coefficient (Wildman–Crippen LogP) is 3.65. The van der Waals surface area contributed by atoms with E-state index in [2.05, 4.69) is 47.0 Å². The van der Waals surface area contributed by atoms with Gasteiger partial charge in [0, 0.05) is 21.3 Å². The summed E-state index contributed by atoms with van der Waals surface area (Å²) in [6.07, 6.45) is 3.60. The van der Waals surface area contributed by atoms with Crippen molar-refractivity contribution >= 4 is 38.1 Å². The third-order valence-electron chi connectivity index (χ3n) is 1.96. The van der Waals surface area contributed by atoms with E-state index >= 15 is 0 Å². The fraction of sp³-hybridized carbons (Fsp3) is 0. The van der Waals surface area contributed by atoms with Crippen molar-refractivity contribution < 1.29 is 14.0 Å². The van der Waals surface area contributed by atoms with Gasteiger partial charge in [-0.05, 0) is 44.0 Å². The average molecular weight is 420 g/mol. The van der Waals surface area contributed by atoms with Gasteiger partial charge in [-0.15, -0.1) is 0 Å². The molecular weight excluding hydrogens is 414 g/mol. The lowest BCUT2D eigenvalue weighted by Crippen LogP contribution is -1.91. The van der Waals surface area contributed by atoms with E-state index in [-0.39, 0.29) is 11.1 Å². The summed E-state index contributed by atoms with van der Waals surface area (Å²) in [7, 11) is 0. The molecule has 0 radical (unpaired) electrons. The molecule has 0 saturated carbocycles. The number of hydrogen-bond acceptors (Lipinski definition) is 5. The second-order valence-corrected chi connectivity index (χ2v) is 5.21. The number of halogens is 4. The number of nitriles is 1. The largest absolute Gasteiger partial charge is 0.411 e. The maximum absolute atomic E-state index is 12.6. The normalized spacial score (nSPS) is 9.86. The molecular formula is C12H6Br2F2N4O. The van der Waals surface area contributed by atoms with Crippen LogP contribution in [0.3, 0.4) is 0 Å². The lowest BCUT2D eigenvalue weighted by atomic mass is 10.3. The number of pyridine rings is 2. The first-order valence-corrected chi connectivity index (χ1v) is 6.76. The fourth-order valence-electron chi connectivity index (χ4n) is 1.09. The van der Waals surface area contributed by atoms with Crippen molar-refractivity contribution in [3.8, 4) is 6.07 Å². The lowest BCUT2D eigenvalue weighted by molar-refractivity contribution is 0.321. The molecule has 0 aliphatic carbocycles. The van der Waals surface area contributed by atoms with E-state index < -0.39 is 11.9 Å². The Labute approximate surface area is 135 Å². The summed E-state index contributed by atoms with van der Waals surface area (Å²) in [6, 6.07) is 4.51. The van der Waals surface area contributed by atoms with E-state index in [4.69, 9.17) is 10.5 Å². The lowest BCUT2D eigenvalue weighted by Gasteiger charge is -1.93. The first-order valence-electron chi connectivity index (χ1n) is 5.17. The van der Waals surface area contributed by atoms with Gasteiger partial charge in [0.05, 0.1) is 11.8 Å². The van der Waals surface area contributed by atoms with Gasteiger partial charge in [-0.3, -0.25) is 0 Å². The first kappa shape index (κ1) is 17.1. The molecule has 0 saturated heterocycles. The molecule has 0 aromatic carbocycles. The van der Waals surface area contributed by atoms with Gasteiger partial charge in [-0.1, -0.05) is 5.16 Å². The molecule has 0 spiro atoms. The molecule has 21 heavy (non-hydrogen) atoms. The number of rotatable bonds is 1. The van der Waals surface area contributed by atoms with Crippen LogP contribution in [0, 0.1) is 23.2 Å². The molecule has 0 fully saturated rings. The van der Waals surface area contributed by atoms with Crippen LogP contribution in [0.5, 0.6) is 0 Å². The molecule has 0 aliphatic rings. The first-order chi connectivity index (χ1) is 9.97. The van der Waals surface area contributed by atoms with Gasteiger partial charge in [-0.25, -0.2) is 9.97 Å². The Morgan fingerprint density at radius 3 is 2.24 bits per heavy atom. The molecule has 0 amide bonds. The van der Waals surface area contributed by atoms with Gasteiger partial charge in [0.15, 0.2) is 0 Å².